The highest BCUT2D eigenvalue weighted by Crippen LogP contribution is 2.26. The molecule has 0 fully saturated rings. The Morgan fingerprint density at radius 2 is 2.17 bits per heavy atom. The molecule has 0 bridgehead atoms. The smallest absolute Gasteiger partial charge is 0.329 e. The summed E-state index contributed by atoms with van der Waals surface area (Å²) in [4.78, 5) is 13.2. The van der Waals surface area contributed by atoms with Crippen LogP contribution in [-0.4, -0.2) is 30.1 Å². The average Bonchev–Trinajstić information content (AvgIpc) is 2.68. The molecule has 0 radical (unpaired) electrons. The van der Waals surface area contributed by atoms with Gasteiger partial charge in [-0.15, -0.1) is 11.3 Å². The summed E-state index contributed by atoms with van der Waals surface area (Å²) in [6.07, 6.45) is -3.06. The molecule has 18 heavy (non-hydrogen) atoms. The Kier molecular flexibility index (Phi) is 5.65. The van der Waals surface area contributed by atoms with E-state index in [4.69, 9.17) is 0 Å². The number of thiophene rings is 1. The first kappa shape index (κ1) is 15.5. The third kappa shape index (κ3) is 4.61. The lowest BCUT2D eigenvalue weighted by Gasteiger charge is -2.23. The Balaban J connectivity index is 2.82. The van der Waals surface area contributed by atoms with Crippen molar-refractivity contribution in [3.8, 4) is 0 Å². The molecule has 2 nitrogen and oxygen atoms in total. The minimum Gasteiger partial charge on any atom is -0.329 e. The molecule has 1 heterocycles. The van der Waals surface area contributed by atoms with Crippen molar-refractivity contribution in [3.63, 3.8) is 0 Å². The number of nitrogens with zero attached hydrogens (tertiary/aromatic N) is 1. The van der Waals surface area contributed by atoms with Gasteiger partial charge in [0.25, 0.3) is 5.91 Å². The van der Waals surface area contributed by atoms with Crippen molar-refractivity contribution in [2.75, 3.05) is 13.1 Å². The summed E-state index contributed by atoms with van der Waals surface area (Å²) < 4.78 is 37.8. The van der Waals surface area contributed by atoms with E-state index < -0.39 is 18.6 Å². The van der Waals surface area contributed by atoms with Gasteiger partial charge in [-0.2, -0.15) is 13.2 Å². The number of hydrogen-bond donors (Lipinski definition) is 0. The molecule has 0 aliphatic carbocycles. The predicted molar refractivity (Wildman–Crippen MR) is 68.9 cm³/mol. The second-order valence-corrected chi connectivity index (χ2v) is 5.56. The maximum absolute atomic E-state index is 12.4. The number of carbonyl (C=O) groups excluding carboxylic acids is 1. The number of carbonyl (C=O) groups is 1. The van der Waals surface area contributed by atoms with Crippen molar-refractivity contribution in [3.05, 3.63) is 20.8 Å². The van der Waals surface area contributed by atoms with Crippen LogP contribution in [-0.2, 0) is 0 Å². The van der Waals surface area contributed by atoms with Crippen molar-refractivity contribution in [2.45, 2.75) is 25.9 Å². The summed E-state index contributed by atoms with van der Waals surface area (Å²) in [5.74, 6) is -0.567. The largest absolute Gasteiger partial charge is 0.406 e. The Morgan fingerprint density at radius 3 is 2.61 bits per heavy atom. The Bertz CT molecular complexity index is 405. The van der Waals surface area contributed by atoms with Crippen LogP contribution in [0.5, 0.6) is 0 Å². The molecule has 7 heteroatoms. The van der Waals surface area contributed by atoms with Crippen LogP contribution in [0.15, 0.2) is 15.9 Å². The molecule has 0 saturated heterocycles. The standard InChI is InChI=1S/C11H13BrF3NOS/c1-2-3-5-16(7-11(13,14)15)10(17)9-8(12)4-6-18-9/h4,6H,2-3,5,7H2,1H3. The highest BCUT2D eigenvalue weighted by Gasteiger charge is 2.33. The van der Waals surface area contributed by atoms with Crippen LogP contribution in [0.4, 0.5) is 13.2 Å². The van der Waals surface area contributed by atoms with Crippen LogP contribution >= 0.6 is 27.3 Å². The number of rotatable bonds is 5. The minimum atomic E-state index is -4.37. The molecular formula is C11H13BrF3NOS. The van der Waals surface area contributed by atoms with E-state index in [0.717, 1.165) is 22.7 Å². The molecule has 0 aliphatic heterocycles. The fraction of sp³-hybridized carbons (Fsp3) is 0.545. The van der Waals surface area contributed by atoms with E-state index in [1.165, 1.54) is 0 Å². The fourth-order valence-electron chi connectivity index (χ4n) is 1.41. The van der Waals surface area contributed by atoms with E-state index in [0.29, 0.717) is 15.8 Å². The van der Waals surface area contributed by atoms with Crippen LogP contribution in [0.3, 0.4) is 0 Å². The van der Waals surface area contributed by atoms with Gasteiger partial charge in [0, 0.05) is 11.0 Å². The lowest BCUT2D eigenvalue weighted by Crippen LogP contribution is -2.39. The van der Waals surface area contributed by atoms with Crippen molar-refractivity contribution >= 4 is 33.2 Å². The number of unbranched alkanes of at least 4 members (excludes halogenated alkanes) is 1. The average molecular weight is 344 g/mol. The molecule has 0 N–H and O–H groups in total. The van der Waals surface area contributed by atoms with Gasteiger partial charge in [-0.05, 0) is 33.8 Å². The number of alkyl halides is 3. The molecular weight excluding hydrogens is 331 g/mol. The van der Waals surface area contributed by atoms with Crippen LogP contribution in [0.25, 0.3) is 0 Å². The number of hydrogen-bond acceptors (Lipinski definition) is 2. The molecule has 0 atom stereocenters. The normalized spacial score (nSPS) is 11.6. The fourth-order valence-corrected chi connectivity index (χ4v) is 2.92. The van der Waals surface area contributed by atoms with Gasteiger partial charge in [-0.3, -0.25) is 4.79 Å². The summed E-state index contributed by atoms with van der Waals surface area (Å²) in [6.45, 7) is 0.798. The zero-order valence-corrected chi connectivity index (χ0v) is 12.2. The maximum atomic E-state index is 12.4. The van der Waals surface area contributed by atoms with E-state index >= 15 is 0 Å². The molecule has 0 saturated carbocycles. The van der Waals surface area contributed by atoms with E-state index in [9.17, 15) is 18.0 Å². The second kappa shape index (κ2) is 6.56. The SMILES string of the molecule is CCCCN(CC(F)(F)F)C(=O)c1sccc1Br. The van der Waals surface area contributed by atoms with Gasteiger partial charge in [0.1, 0.15) is 11.4 Å². The zero-order valence-electron chi connectivity index (χ0n) is 9.76. The molecule has 0 aromatic carbocycles. The van der Waals surface area contributed by atoms with Gasteiger partial charge in [-0.1, -0.05) is 13.3 Å². The highest BCUT2D eigenvalue weighted by molar-refractivity contribution is 9.10. The number of amides is 1. The summed E-state index contributed by atoms with van der Waals surface area (Å²) >= 11 is 4.30. The van der Waals surface area contributed by atoms with Gasteiger partial charge >= 0.3 is 6.18 Å². The van der Waals surface area contributed by atoms with E-state index in [2.05, 4.69) is 15.9 Å². The van der Waals surface area contributed by atoms with Crippen molar-refractivity contribution in [1.82, 2.24) is 4.90 Å². The third-order valence-corrected chi connectivity index (χ3v) is 4.08. The van der Waals surface area contributed by atoms with Crippen molar-refractivity contribution in [2.24, 2.45) is 0 Å². The van der Waals surface area contributed by atoms with E-state index in [1.807, 2.05) is 6.92 Å². The molecule has 0 aliphatic rings. The molecule has 0 unspecified atom stereocenters. The zero-order chi connectivity index (χ0) is 13.8. The quantitative estimate of drug-likeness (QED) is 0.779. The lowest BCUT2D eigenvalue weighted by molar-refractivity contribution is -0.140. The van der Waals surface area contributed by atoms with Crippen molar-refractivity contribution in [1.29, 1.82) is 0 Å². The summed E-state index contributed by atoms with van der Waals surface area (Å²) in [6, 6.07) is 1.66. The second-order valence-electron chi connectivity index (χ2n) is 3.79. The Labute approximate surface area is 116 Å². The van der Waals surface area contributed by atoms with Crippen LogP contribution in [0.2, 0.25) is 0 Å². The predicted octanol–water partition coefficient (Wildman–Crippen LogP) is 4.32. The van der Waals surface area contributed by atoms with Gasteiger partial charge in [-0.25, -0.2) is 0 Å². The van der Waals surface area contributed by atoms with E-state index in [-0.39, 0.29) is 6.54 Å². The van der Waals surface area contributed by atoms with E-state index in [1.54, 1.807) is 11.4 Å². The Morgan fingerprint density at radius 1 is 1.50 bits per heavy atom. The summed E-state index contributed by atoms with van der Waals surface area (Å²) in [7, 11) is 0. The minimum absolute atomic E-state index is 0.124. The summed E-state index contributed by atoms with van der Waals surface area (Å²) in [5.41, 5.74) is 0. The van der Waals surface area contributed by atoms with Crippen LogP contribution in [0, 0.1) is 0 Å². The molecule has 1 rings (SSSR count). The van der Waals surface area contributed by atoms with Crippen molar-refractivity contribution < 1.29 is 18.0 Å². The highest BCUT2D eigenvalue weighted by atomic mass is 79.9. The monoisotopic (exact) mass is 343 g/mol. The molecule has 1 aromatic heterocycles. The van der Waals surface area contributed by atoms with Gasteiger partial charge in [0.2, 0.25) is 0 Å². The number of halogens is 4. The van der Waals surface area contributed by atoms with Gasteiger partial charge in [0.15, 0.2) is 0 Å². The first-order valence-corrected chi connectivity index (χ1v) is 7.11. The van der Waals surface area contributed by atoms with Gasteiger partial charge in [0.05, 0.1) is 0 Å². The summed E-state index contributed by atoms with van der Waals surface area (Å²) in [5, 5.41) is 1.67. The molecule has 0 spiro atoms. The van der Waals surface area contributed by atoms with Gasteiger partial charge < -0.3 is 4.90 Å². The first-order valence-electron chi connectivity index (χ1n) is 5.44. The third-order valence-electron chi connectivity index (χ3n) is 2.25. The van der Waals surface area contributed by atoms with Crippen LogP contribution in [0.1, 0.15) is 29.4 Å². The topological polar surface area (TPSA) is 20.3 Å². The molecule has 1 amide bonds. The Hall–Kier alpha value is -0.560. The maximum Gasteiger partial charge on any atom is 0.406 e. The van der Waals surface area contributed by atoms with Crippen LogP contribution < -0.4 is 0 Å². The molecule has 1 aromatic rings. The first-order chi connectivity index (χ1) is 8.35. The lowest BCUT2D eigenvalue weighted by atomic mass is 10.3. The molecule has 102 valence electrons.